The molecule has 21 heavy (non-hydrogen) atoms. The highest BCUT2D eigenvalue weighted by Crippen LogP contribution is 2.13. The Balaban J connectivity index is 2.58. The molecule has 0 heterocycles. The maximum Gasteiger partial charge on any atom is 0.303 e. The number of ether oxygens (including phenoxy) is 1. The molecule has 0 aliphatic carbocycles. The van der Waals surface area contributed by atoms with Gasteiger partial charge >= 0.3 is 5.97 Å². The quantitative estimate of drug-likeness (QED) is 0.476. The second-order valence-corrected chi connectivity index (χ2v) is 4.85. The molecule has 0 radical (unpaired) electrons. The Morgan fingerprint density at radius 1 is 1.33 bits per heavy atom. The minimum atomic E-state index is -0.423. The van der Waals surface area contributed by atoms with Gasteiger partial charge in [-0.15, -0.1) is 0 Å². The molecule has 0 fully saturated rings. The van der Waals surface area contributed by atoms with E-state index < -0.39 is 6.10 Å². The summed E-state index contributed by atoms with van der Waals surface area (Å²) >= 11 is 0. The highest BCUT2D eigenvalue weighted by Gasteiger charge is 2.09. The third-order valence-corrected chi connectivity index (χ3v) is 2.91. The number of carbonyl (C=O) groups excluding carboxylic acids is 1. The molecule has 3 heteroatoms. The van der Waals surface area contributed by atoms with Crippen molar-refractivity contribution in [1.82, 2.24) is 0 Å². The van der Waals surface area contributed by atoms with E-state index in [0.717, 1.165) is 24.0 Å². The molecule has 0 aromatic heterocycles. The molecular formula is C18H22O3. The van der Waals surface area contributed by atoms with E-state index in [0.29, 0.717) is 12.8 Å². The zero-order chi connectivity index (χ0) is 15.5. The fourth-order valence-corrected chi connectivity index (χ4v) is 1.84. The summed E-state index contributed by atoms with van der Waals surface area (Å²) in [5, 5.41) is 8.79. The van der Waals surface area contributed by atoms with Gasteiger partial charge in [0.2, 0.25) is 0 Å². The summed E-state index contributed by atoms with van der Waals surface area (Å²) in [6.45, 7) is 5.52. The Morgan fingerprint density at radius 2 is 2.05 bits per heavy atom. The Morgan fingerprint density at radius 3 is 2.67 bits per heavy atom. The van der Waals surface area contributed by atoms with Gasteiger partial charge in [0.1, 0.15) is 0 Å². The van der Waals surface area contributed by atoms with Gasteiger partial charge in [0, 0.05) is 19.1 Å². The van der Waals surface area contributed by atoms with Crippen molar-refractivity contribution < 1.29 is 14.6 Å². The molecule has 0 spiro atoms. The van der Waals surface area contributed by atoms with Crippen molar-refractivity contribution in [2.24, 2.45) is 0 Å². The van der Waals surface area contributed by atoms with E-state index >= 15 is 0 Å². The maximum absolute atomic E-state index is 11.1. The standard InChI is InChI=1S/C18H22O3/c1-15(7-6-14-19)10-12-18(21-16(2)20)13-11-17-8-4-3-5-9-17/h3-5,8-9,18-19H,1,6-7,10,12,14H2,2H3. The molecule has 112 valence electrons. The Kier molecular flexibility index (Phi) is 7.93. The Bertz CT molecular complexity index is 508. The van der Waals surface area contributed by atoms with Gasteiger partial charge in [0.25, 0.3) is 0 Å². The Hall–Kier alpha value is -2.05. The number of esters is 1. The van der Waals surface area contributed by atoms with E-state index in [1.807, 2.05) is 30.3 Å². The van der Waals surface area contributed by atoms with E-state index in [-0.39, 0.29) is 12.6 Å². The second-order valence-electron chi connectivity index (χ2n) is 4.85. The predicted molar refractivity (Wildman–Crippen MR) is 83.6 cm³/mol. The SMILES string of the molecule is C=C(CCCO)CCC(C#Cc1ccccc1)OC(C)=O. The van der Waals surface area contributed by atoms with Gasteiger partial charge < -0.3 is 9.84 Å². The average Bonchev–Trinajstić information content (AvgIpc) is 2.48. The molecule has 1 unspecified atom stereocenters. The first-order valence-corrected chi connectivity index (χ1v) is 7.13. The molecule has 0 amide bonds. The highest BCUT2D eigenvalue weighted by molar-refractivity contribution is 5.66. The van der Waals surface area contributed by atoms with E-state index in [4.69, 9.17) is 9.84 Å². The lowest BCUT2D eigenvalue weighted by molar-refractivity contribution is -0.143. The van der Waals surface area contributed by atoms with Crippen molar-refractivity contribution in [2.45, 2.75) is 38.7 Å². The predicted octanol–water partition coefficient (Wildman–Crippen LogP) is 3.08. The van der Waals surface area contributed by atoms with Gasteiger partial charge in [-0.1, -0.05) is 42.2 Å². The molecule has 0 aliphatic heterocycles. The van der Waals surface area contributed by atoms with Crippen LogP contribution in [0, 0.1) is 11.8 Å². The topological polar surface area (TPSA) is 46.5 Å². The van der Waals surface area contributed by atoms with E-state index in [2.05, 4.69) is 18.4 Å². The molecule has 1 aromatic carbocycles. The monoisotopic (exact) mass is 286 g/mol. The third kappa shape index (κ3) is 7.96. The lowest BCUT2D eigenvalue weighted by atomic mass is 10.0. The third-order valence-electron chi connectivity index (χ3n) is 2.91. The van der Waals surface area contributed by atoms with Crippen LogP contribution in [0.1, 0.15) is 38.2 Å². The first-order valence-electron chi connectivity index (χ1n) is 7.13. The van der Waals surface area contributed by atoms with Crippen LogP contribution in [0.3, 0.4) is 0 Å². The van der Waals surface area contributed by atoms with Crippen molar-refractivity contribution in [3.05, 3.63) is 48.0 Å². The summed E-state index contributed by atoms with van der Waals surface area (Å²) in [5.41, 5.74) is 1.94. The van der Waals surface area contributed by atoms with Crippen LogP contribution in [0.4, 0.5) is 0 Å². The number of hydrogen-bond donors (Lipinski definition) is 1. The van der Waals surface area contributed by atoms with Crippen LogP contribution < -0.4 is 0 Å². The molecule has 0 bridgehead atoms. The smallest absolute Gasteiger partial charge is 0.303 e. The first-order chi connectivity index (χ1) is 10.1. The van der Waals surface area contributed by atoms with Crippen LogP contribution in [-0.4, -0.2) is 23.8 Å². The van der Waals surface area contributed by atoms with Crippen molar-refractivity contribution in [3.63, 3.8) is 0 Å². The highest BCUT2D eigenvalue weighted by atomic mass is 16.5. The molecule has 0 saturated carbocycles. The minimum absolute atomic E-state index is 0.167. The van der Waals surface area contributed by atoms with Gasteiger partial charge in [-0.05, 0) is 37.8 Å². The van der Waals surface area contributed by atoms with Gasteiger partial charge in [-0.2, -0.15) is 0 Å². The van der Waals surface area contributed by atoms with Crippen molar-refractivity contribution in [1.29, 1.82) is 0 Å². The molecule has 1 atom stereocenters. The maximum atomic E-state index is 11.1. The minimum Gasteiger partial charge on any atom is -0.449 e. The van der Waals surface area contributed by atoms with E-state index in [9.17, 15) is 4.79 Å². The summed E-state index contributed by atoms with van der Waals surface area (Å²) in [5.74, 6) is 5.69. The average molecular weight is 286 g/mol. The van der Waals surface area contributed by atoms with Crippen LogP contribution >= 0.6 is 0 Å². The Labute approximate surface area is 126 Å². The number of benzene rings is 1. The summed E-state index contributed by atoms with van der Waals surface area (Å²) in [6.07, 6.45) is 2.45. The molecular weight excluding hydrogens is 264 g/mol. The summed E-state index contributed by atoms with van der Waals surface area (Å²) in [4.78, 5) is 11.1. The van der Waals surface area contributed by atoms with Crippen LogP contribution in [-0.2, 0) is 9.53 Å². The summed E-state index contributed by atoms with van der Waals surface area (Å²) < 4.78 is 5.22. The van der Waals surface area contributed by atoms with E-state index in [1.54, 1.807) is 0 Å². The number of carbonyl (C=O) groups is 1. The van der Waals surface area contributed by atoms with Crippen molar-refractivity contribution in [3.8, 4) is 11.8 Å². The normalized spacial score (nSPS) is 11.1. The van der Waals surface area contributed by atoms with Crippen LogP contribution in [0.5, 0.6) is 0 Å². The van der Waals surface area contributed by atoms with Gasteiger partial charge in [-0.3, -0.25) is 4.79 Å². The number of hydrogen-bond acceptors (Lipinski definition) is 3. The fourth-order valence-electron chi connectivity index (χ4n) is 1.84. The largest absolute Gasteiger partial charge is 0.449 e. The van der Waals surface area contributed by atoms with Crippen molar-refractivity contribution >= 4 is 5.97 Å². The summed E-state index contributed by atoms with van der Waals surface area (Å²) in [6, 6.07) is 9.60. The van der Waals surface area contributed by atoms with Crippen LogP contribution in [0.25, 0.3) is 0 Å². The molecule has 0 aliphatic rings. The molecule has 1 aromatic rings. The molecule has 1 rings (SSSR count). The molecule has 0 saturated heterocycles. The van der Waals surface area contributed by atoms with E-state index in [1.165, 1.54) is 6.92 Å². The second kappa shape index (κ2) is 9.79. The number of rotatable bonds is 7. The van der Waals surface area contributed by atoms with Crippen LogP contribution in [0.2, 0.25) is 0 Å². The number of allylic oxidation sites excluding steroid dienone is 1. The number of aliphatic hydroxyl groups is 1. The van der Waals surface area contributed by atoms with Crippen molar-refractivity contribution in [2.75, 3.05) is 6.61 Å². The zero-order valence-corrected chi connectivity index (χ0v) is 12.5. The zero-order valence-electron chi connectivity index (χ0n) is 12.5. The van der Waals surface area contributed by atoms with Crippen LogP contribution in [0.15, 0.2) is 42.5 Å². The lowest BCUT2D eigenvalue weighted by Gasteiger charge is -2.12. The fraction of sp³-hybridized carbons (Fsp3) is 0.389. The first kappa shape index (κ1) is 17.0. The van der Waals surface area contributed by atoms with Gasteiger partial charge in [0.15, 0.2) is 6.10 Å². The van der Waals surface area contributed by atoms with Gasteiger partial charge in [0.05, 0.1) is 0 Å². The molecule has 3 nitrogen and oxygen atoms in total. The number of aliphatic hydroxyl groups excluding tert-OH is 1. The lowest BCUT2D eigenvalue weighted by Crippen LogP contribution is -2.14. The van der Waals surface area contributed by atoms with Gasteiger partial charge in [-0.25, -0.2) is 0 Å². The molecule has 1 N–H and O–H groups in total. The summed E-state index contributed by atoms with van der Waals surface area (Å²) in [7, 11) is 0.